The van der Waals surface area contributed by atoms with Gasteiger partial charge in [-0.25, -0.2) is 0 Å². The fourth-order valence-corrected chi connectivity index (χ4v) is 4.51. The van der Waals surface area contributed by atoms with E-state index >= 15 is 0 Å². The van der Waals surface area contributed by atoms with Crippen LogP contribution in [0.5, 0.6) is 0 Å². The van der Waals surface area contributed by atoms with Gasteiger partial charge >= 0.3 is 0 Å². The first-order valence-corrected chi connectivity index (χ1v) is 11.1. The summed E-state index contributed by atoms with van der Waals surface area (Å²) in [5.41, 5.74) is 6.27. The molecule has 0 N–H and O–H groups in total. The Hall–Kier alpha value is -1.04. The molecule has 0 heterocycles. The third-order valence-electron chi connectivity index (χ3n) is 6.13. The van der Waals surface area contributed by atoms with Crippen LogP contribution in [0.1, 0.15) is 125 Å². The van der Waals surface area contributed by atoms with Gasteiger partial charge in [0.15, 0.2) is 0 Å². The second kappa shape index (κ2) is 10.2. The van der Waals surface area contributed by atoms with Gasteiger partial charge in [-0.05, 0) is 28.7 Å². The van der Waals surface area contributed by atoms with Gasteiger partial charge in [-0.2, -0.15) is 0 Å². The van der Waals surface area contributed by atoms with Crippen LogP contribution < -0.4 is 0 Å². The molecule has 137 valence electrons. The number of benzene rings is 1. The number of unbranched alkanes of at least 4 members (excludes halogenated alkanes) is 12. The molecule has 3 rings (SSSR count). The molecule has 1 unspecified atom stereocenters. The van der Waals surface area contributed by atoms with E-state index in [2.05, 4.69) is 37.6 Å². The lowest BCUT2D eigenvalue weighted by Gasteiger charge is -2.03. The van der Waals surface area contributed by atoms with Crippen molar-refractivity contribution in [1.29, 1.82) is 0 Å². The van der Waals surface area contributed by atoms with Crippen LogP contribution in [0.15, 0.2) is 18.2 Å². The van der Waals surface area contributed by atoms with Gasteiger partial charge in [-0.3, -0.25) is 0 Å². The third kappa shape index (κ3) is 5.47. The Kier molecular flexibility index (Phi) is 7.64. The molecule has 0 saturated heterocycles. The Balaban J connectivity index is 1.13. The van der Waals surface area contributed by atoms with Crippen LogP contribution >= 0.6 is 0 Å². The minimum Gasteiger partial charge on any atom is -0.0754 e. The normalized spacial score (nSPS) is 16.9. The van der Waals surface area contributed by atoms with E-state index in [0.29, 0.717) is 0 Å². The van der Waals surface area contributed by atoms with Gasteiger partial charge in [0.25, 0.3) is 0 Å². The molecule has 1 atom stereocenters. The Morgan fingerprint density at radius 3 is 1.96 bits per heavy atom. The highest BCUT2D eigenvalue weighted by atomic mass is 14.4. The SMILES string of the molecule is CCCCCCCCCCCCCCCC1c2ccc3c(c21)C=C[CH]3. The van der Waals surface area contributed by atoms with Crippen LogP contribution in [0.2, 0.25) is 0 Å². The smallest absolute Gasteiger partial charge is 0.0131 e. The van der Waals surface area contributed by atoms with E-state index in [1.165, 1.54) is 101 Å². The van der Waals surface area contributed by atoms with Crippen molar-refractivity contribution in [1.82, 2.24) is 0 Å². The summed E-state index contributed by atoms with van der Waals surface area (Å²) in [5, 5.41) is 0. The Morgan fingerprint density at radius 1 is 0.720 bits per heavy atom. The van der Waals surface area contributed by atoms with Crippen LogP contribution in [0, 0.1) is 6.42 Å². The van der Waals surface area contributed by atoms with Gasteiger partial charge in [0.05, 0.1) is 0 Å². The summed E-state index contributed by atoms with van der Waals surface area (Å²) < 4.78 is 0. The fraction of sp³-hybridized carbons (Fsp3) is 0.640. The number of rotatable bonds is 14. The molecule has 0 bridgehead atoms. The van der Waals surface area contributed by atoms with Crippen molar-refractivity contribution in [3.8, 4) is 0 Å². The van der Waals surface area contributed by atoms with Crippen molar-refractivity contribution in [2.24, 2.45) is 0 Å². The summed E-state index contributed by atoms with van der Waals surface area (Å²) in [6.07, 6.45) is 27.0. The maximum Gasteiger partial charge on any atom is 0.0131 e. The molecule has 1 aromatic rings. The van der Waals surface area contributed by atoms with Gasteiger partial charge in [0.2, 0.25) is 0 Å². The lowest BCUT2D eigenvalue weighted by atomic mass is 10.0. The summed E-state index contributed by atoms with van der Waals surface area (Å²) >= 11 is 0. The van der Waals surface area contributed by atoms with E-state index in [1.807, 2.05) is 0 Å². The molecule has 1 aromatic carbocycles. The highest BCUT2D eigenvalue weighted by Gasteiger charge is 2.35. The van der Waals surface area contributed by atoms with Gasteiger partial charge in [-0.15, -0.1) is 0 Å². The zero-order valence-electron chi connectivity index (χ0n) is 16.4. The number of allylic oxidation sites excluding steroid dienone is 1. The average molecular weight is 338 g/mol. The number of hydrogen-bond donors (Lipinski definition) is 0. The Labute approximate surface area is 156 Å². The quantitative estimate of drug-likeness (QED) is 0.300. The van der Waals surface area contributed by atoms with Crippen molar-refractivity contribution >= 4 is 6.08 Å². The maximum absolute atomic E-state index is 2.37. The van der Waals surface area contributed by atoms with Crippen molar-refractivity contribution in [3.63, 3.8) is 0 Å². The summed E-state index contributed by atoms with van der Waals surface area (Å²) in [4.78, 5) is 0. The summed E-state index contributed by atoms with van der Waals surface area (Å²) in [7, 11) is 0. The molecular formula is C25H37. The second-order valence-electron chi connectivity index (χ2n) is 8.18. The van der Waals surface area contributed by atoms with Gasteiger partial charge in [0, 0.05) is 12.3 Å². The summed E-state index contributed by atoms with van der Waals surface area (Å²) in [5.74, 6) is 0.799. The van der Waals surface area contributed by atoms with Gasteiger partial charge in [0.1, 0.15) is 0 Å². The minimum atomic E-state index is 0.799. The number of fused-ring (bicyclic) bond motifs is 3. The van der Waals surface area contributed by atoms with Crippen molar-refractivity contribution in [2.45, 2.75) is 103 Å². The van der Waals surface area contributed by atoms with Gasteiger partial charge in [-0.1, -0.05) is 115 Å². The molecule has 0 aliphatic heterocycles. The van der Waals surface area contributed by atoms with E-state index in [-0.39, 0.29) is 0 Å². The Morgan fingerprint density at radius 2 is 1.32 bits per heavy atom. The topological polar surface area (TPSA) is 0 Å². The van der Waals surface area contributed by atoms with E-state index in [1.54, 1.807) is 11.1 Å². The standard InChI is InChI=1S/C25H37/c1-2-3-4-5-6-7-8-9-10-11-12-13-14-17-23-24-20-19-21-16-15-18-22(21)25(23)24/h15-16,18-20,23H,2-14,17H2,1H3. The van der Waals surface area contributed by atoms with Crippen molar-refractivity contribution in [2.75, 3.05) is 0 Å². The maximum atomic E-state index is 2.37. The molecule has 0 heteroatoms. The van der Waals surface area contributed by atoms with Crippen LogP contribution in [0.25, 0.3) is 6.08 Å². The lowest BCUT2D eigenvalue weighted by Crippen LogP contribution is -1.84. The van der Waals surface area contributed by atoms with E-state index in [4.69, 9.17) is 0 Å². The van der Waals surface area contributed by atoms with E-state index < -0.39 is 0 Å². The molecule has 0 nitrogen and oxygen atoms in total. The molecule has 25 heavy (non-hydrogen) atoms. The zero-order chi connectivity index (χ0) is 17.3. The second-order valence-corrected chi connectivity index (χ2v) is 8.18. The monoisotopic (exact) mass is 337 g/mol. The Bertz CT molecular complexity index is 551. The van der Waals surface area contributed by atoms with Crippen molar-refractivity contribution < 1.29 is 0 Å². The van der Waals surface area contributed by atoms with Crippen LogP contribution in [0.3, 0.4) is 0 Å². The van der Waals surface area contributed by atoms with Crippen LogP contribution in [-0.2, 0) is 0 Å². The largest absolute Gasteiger partial charge is 0.0754 e. The highest BCUT2D eigenvalue weighted by Crippen LogP contribution is 2.51. The first-order chi connectivity index (χ1) is 12.4. The molecule has 0 fully saturated rings. The molecular weight excluding hydrogens is 300 g/mol. The van der Waals surface area contributed by atoms with Crippen molar-refractivity contribution in [3.05, 3.63) is 46.9 Å². The summed E-state index contributed by atoms with van der Waals surface area (Å²) in [6.45, 7) is 2.30. The van der Waals surface area contributed by atoms with E-state index in [0.717, 1.165) is 5.92 Å². The molecule has 1 radical (unpaired) electrons. The average Bonchev–Trinajstić information content (AvgIpc) is 3.11. The van der Waals surface area contributed by atoms with Crippen LogP contribution in [0.4, 0.5) is 0 Å². The first kappa shape index (κ1) is 18.7. The predicted molar refractivity (Wildman–Crippen MR) is 111 cm³/mol. The minimum absolute atomic E-state index is 0.799. The highest BCUT2D eigenvalue weighted by molar-refractivity contribution is 5.76. The summed E-state index contributed by atoms with van der Waals surface area (Å²) in [6, 6.07) is 4.67. The lowest BCUT2D eigenvalue weighted by molar-refractivity contribution is 0.535. The predicted octanol–water partition coefficient (Wildman–Crippen LogP) is 8.19. The molecule has 2 aliphatic carbocycles. The van der Waals surface area contributed by atoms with Gasteiger partial charge < -0.3 is 0 Å². The van der Waals surface area contributed by atoms with Crippen LogP contribution in [-0.4, -0.2) is 0 Å². The molecule has 0 spiro atoms. The first-order valence-electron chi connectivity index (χ1n) is 11.1. The molecule has 2 aliphatic rings. The molecule has 0 saturated carbocycles. The fourth-order valence-electron chi connectivity index (χ4n) is 4.51. The number of hydrogen-bond acceptors (Lipinski definition) is 0. The molecule has 0 amide bonds. The molecule has 0 aromatic heterocycles. The van der Waals surface area contributed by atoms with E-state index in [9.17, 15) is 0 Å². The third-order valence-corrected chi connectivity index (χ3v) is 6.13. The zero-order valence-corrected chi connectivity index (χ0v) is 16.4.